The molecular weight excluding hydrogens is 270 g/mol. The summed E-state index contributed by atoms with van der Waals surface area (Å²) in [5, 5.41) is 25.8. The monoisotopic (exact) mass is 289 g/mol. The van der Waals surface area contributed by atoms with E-state index < -0.39 is 0 Å². The molecule has 1 aromatic rings. The largest absolute Gasteiger partial charge is 0.380 e. The molecule has 0 aliphatic carbocycles. The Morgan fingerprint density at radius 1 is 1.43 bits per heavy atom. The molecule has 2 fully saturated rings. The van der Waals surface area contributed by atoms with E-state index in [1.807, 2.05) is 0 Å². The molecule has 2 aliphatic heterocycles. The third-order valence-electron chi connectivity index (χ3n) is 3.73. The molecule has 8 heteroatoms. The molecule has 0 amide bonds. The minimum atomic E-state index is 0.121. The molecule has 3 rings (SSSR count). The van der Waals surface area contributed by atoms with E-state index in [0.717, 1.165) is 26.1 Å². The van der Waals surface area contributed by atoms with Gasteiger partial charge in [0.05, 0.1) is 5.70 Å². The first-order chi connectivity index (χ1) is 10.1. The predicted octanol–water partition coefficient (Wildman–Crippen LogP) is -0.0895. The normalized spacial score (nSPS) is 24.9. The molecule has 0 radical (unpaired) electrons. The number of allylic oxidation sites excluding steroid dienone is 1. The molecule has 0 saturated carbocycles. The lowest BCUT2D eigenvalue weighted by Gasteiger charge is -2.19. The topological polar surface area (TPSA) is 114 Å². The van der Waals surface area contributed by atoms with Gasteiger partial charge in [-0.2, -0.15) is 4.98 Å². The van der Waals surface area contributed by atoms with Gasteiger partial charge in [-0.1, -0.05) is 5.16 Å². The first-order valence-electron chi connectivity index (χ1n) is 7.03. The fraction of sp³-hybridized carbons (Fsp3) is 0.538. The van der Waals surface area contributed by atoms with Crippen LogP contribution in [0.4, 0.5) is 0 Å². The zero-order valence-electron chi connectivity index (χ0n) is 11.9. The Morgan fingerprint density at radius 3 is 2.95 bits per heavy atom. The minimum Gasteiger partial charge on any atom is -0.380 e. The van der Waals surface area contributed by atoms with Crippen molar-refractivity contribution >= 4 is 11.5 Å². The Morgan fingerprint density at radius 2 is 2.24 bits per heavy atom. The Kier molecular flexibility index (Phi) is 3.70. The van der Waals surface area contributed by atoms with Crippen LogP contribution < -0.4 is 10.6 Å². The van der Waals surface area contributed by atoms with Crippen molar-refractivity contribution in [3.8, 4) is 0 Å². The zero-order chi connectivity index (χ0) is 14.8. The molecule has 0 bridgehead atoms. The van der Waals surface area contributed by atoms with Crippen molar-refractivity contribution in [1.82, 2.24) is 25.7 Å². The highest BCUT2D eigenvalue weighted by molar-refractivity contribution is 6.09. The third kappa shape index (κ3) is 2.94. The summed E-state index contributed by atoms with van der Waals surface area (Å²) in [6.07, 6.45) is 2.56. The average Bonchev–Trinajstić information content (AvgIpc) is 3.10. The molecule has 2 saturated heterocycles. The fourth-order valence-electron chi connectivity index (χ4n) is 2.55. The third-order valence-corrected chi connectivity index (χ3v) is 3.73. The van der Waals surface area contributed by atoms with Crippen LogP contribution in [-0.4, -0.2) is 59.8 Å². The Labute approximate surface area is 122 Å². The van der Waals surface area contributed by atoms with Crippen molar-refractivity contribution in [3.05, 3.63) is 23.5 Å². The van der Waals surface area contributed by atoms with Crippen LogP contribution in [0.25, 0.3) is 0 Å². The quantitative estimate of drug-likeness (QED) is 0.578. The van der Waals surface area contributed by atoms with Gasteiger partial charge in [0, 0.05) is 25.6 Å². The summed E-state index contributed by atoms with van der Waals surface area (Å²) < 4.78 is 5.18. The van der Waals surface area contributed by atoms with Crippen molar-refractivity contribution in [2.45, 2.75) is 12.3 Å². The number of nitrogens with zero attached hydrogens (tertiary/aromatic N) is 3. The lowest BCUT2D eigenvalue weighted by Crippen LogP contribution is -2.42. The van der Waals surface area contributed by atoms with Crippen LogP contribution >= 0.6 is 0 Å². The highest BCUT2D eigenvalue weighted by Gasteiger charge is 2.26. The summed E-state index contributed by atoms with van der Waals surface area (Å²) in [6.45, 7) is 3.39. The average molecular weight is 289 g/mol. The number of hydrogen-bond donors (Lipinski definition) is 4. The number of hydrogen-bond acceptors (Lipinski definition) is 7. The van der Waals surface area contributed by atoms with Gasteiger partial charge in [-0.05, 0) is 26.1 Å². The van der Waals surface area contributed by atoms with E-state index in [-0.39, 0.29) is 23.4 Å². The van der Waals surface area contributed by atoms with Gasteiger partial charge < -0.3 is 20.1 Å². The summed E-state index contributed by atoms with van der Waals surface area (Å²) in [4.78, 5) is 6.55. The highest BCUT2D eigenvalue weighted by atomic mass is 16.5. The Bertz CT molecular complexity index is 591. The second kappa shape index (κ2) is 5.65. The van der Waals surface area contributed by atoms with Gasteiger partial charge in [0.2, 0.25) is 0 Å². The number of piperazine rings is 1. The summed E-state index contributed by atoms with van der Waals surface area (Å²) >= 11 is 0. The van der Waals surface area contributed by atoms with Crippen molar-refractivity contribution in [2.75, 3.05) is 33.2 Å². The van der Waals surface area contributed by atoms with Gasteiger partial charge in [0.1, 0.15) is 11.5 Å². The zero-order valence-corrected chi connectivity index (χ0v) is 11.9. The molecule has 3 heterocycles. The van der Waals surface area contributed by atoms with Gasteiger partial charge in [0.15, 0.2) is 5.82 Å². The predicted molar refractivity (Wildman–Crippen MR) is 77.8 cm³/mol. The maximum atomic E-state index is 8.03. The highest BCUT2D eigenvalue weighted by Crippen LogP contribution is 2.23. The number of aromatic nitrogens is 2. The van der Waals surface area contributed by atoms with Crippen LogP contribution in [0.15, 0.2) is 16.3 Å². The van der Waals surface area contributed by atoms with Crippen LogP contribution in [0, 0.1) is 10.8 Å². The lowest BCUT2D eigenvalue weighted by molar-refractivity contribution is 0.389. The van der Waals surface area contributed by atoms with E-state index in [4.69, 9.17) is 15.3 Å². The molecule has 8 nitrogen and oxygen atoms in total. The number of nitrogens with one attached hydrogen (secondary N) is 4. The first-order valence-corrected chi connectivity index (χ1v) is 7.03. The number of amidine groups is 1. The SMILES string of the molecule is CN1CCC(c2noc(C(=N)/C=C3/NCCNC3=N)n2)C1. The molecule has 1 atom stereocenters. The maximum Gasteiger partial charge on any atom is 0.275 e. The summed E-state index contributed by atoms with van der Waals surface area (Å²) in [5.74, 6) is 1.43. The van der Waals surface area contributed by atoms with Crippen molar-refractivity contribution in [3.63, 3.8) is 0 Å². The van der Waals surface area contributed by atoms with Crippen molar-refractivity contribution in [2.24, 2.45) is 0 Å². The van der Waals surface area contributed by atoms with Gasteiger partial charge in [0.25, 0.3) is 5.89 Å². The Hall–Kier alpha value is -2.22. The molecular formula is C13H19N7O. The summed E-state index contributed by atoms with van der Waals surface area (Å²) in [5.41, 5.74) is 0.697. The number of likely N-dealkylation sites (tertiary alicyclic amines) is 1. The van der Waals surface area contributed by atoms with Crippen LogP contribution in [0.5, 0.6) is 0 Å². The summed E-state index contributed by atoms with van der Waals surface area (Å²) in [7, 11) is 2.07. The van der Waals surface area contributed by atoms with Crippen molar-refractivity contribution < 1.29 is 4.52 Å². The molecule has 1 unspecified atom stereocenters. The second-order valence-electron chi connectivity index (χ2n) is 5.41. The van der Waals surface area contributed by atoms with Crippen LogP contribution in [0.3, 0.4) is 0 Å². The fourth-order valence-corrected chi connectivity index (χ4v) is 2.55. The van der Waals surface area contributed by atoms with E-state index in [0.29, 0.717) is 18.1 Å². The molecule has 1 aromatic heterocycles. The molecule has 0 aromatic carbocycles. The van der Waals surface area contributed by atoms with Gasteiger partial charge in [-0.15, -0.1) is 0 Å². The van der Waals surface area contributed by atoms with Crippen LogP contribution in [-0.2, 0) is 0 Å². The van der Waals surface area contributed by atoms with Crippen LogP contribution in [0.1, 0.15) is 24.1 Å². The van der Waals surface area contributed by atoms with E-state index in [2.05, 4.69) is 32.7 Å². The smallest absolute Gasteiger partial charge is 0.275 e. The van der Waals surface area contributed by atoms with E-state index >= 15 is 0 Å². The standard InChI is InChI=1S/C13H19N7O/c1-20-5-2-8(7-20)12-18-13(21-19-12)9(14)6-10-11(15)17-4-3-16-10/h6,8,14,16H,2-5,7H2,1H3,(H2,15,17)/b10-6+,14-9?. The van der Waals surface area contributed by atoms with Crippen molar-refractivity contribution in [1.29, 1.82) is 10.8 Å². The first kappa shape index (κ1) is 13.7. The molecule has 21 heavy (non-hydrogen) atoms. The second-order valence-corrected chi connectivity index (χ2v) is 5.41. The molecule has 4 N–H and O–H groups in total. The van der Waals surface area contributed by atoms with E-state index in [1.54, 1.807) is 6.08 Å². The number of rotatable bonds is 3. The molecule has 112 valence electrons. The molecule has 0 spiro atoms. The lowest BCUT2D eigenvalue weighted by atomic mass is 10.1. The van der Waals surface area contributed by atoms with Gasteiger partial charge in [-0.3, -0.25) is 10.8 Å². The van der Waals surface area contributed by atoms with Gasteiger partial charge in [-0.25, -0.2) is 0 Å². The van der Waals surface area contributed by atoms with Gasteiger partial charge >= 0.3 is 0 Å². The number of likely N-dealkylation sites (N-methyl/N-ethyl adjacent to an activating group) is 1. The minimum absolute atomic E-state index is 0.121. The van der Waals surface area contributed by atoms with Crippen LogP contribution in [0.2, 0.25) is 0 Å². The molecule has 2 aliphatic rings. The maximum absolute atomic E-state index is 8.03. The van der Waals surface area contributed by atoms with E-state index in [1.165, 1.54) is 0 Å². The Balaban J connectivity index is 1.72. The summed E-state index contributed by atoms with van der Waals surface area (Å²) in [6, 6.07) is 0. The van der Waals surface area contributed by atoms with E-state index in [9.17, 15) is 0 Å².